The molecule has 0 aromatic rings. The molecule has 0 aromatic heterocycles. The fraction of sp³-hybridized carbons (Fsp3) is 0.778. The van der Waals surface area contributed by atoms with Crippen molar-refractivity contribution in [1.29, 1.82) is 0 Å². The molecule has 0 saturated carbocycles. The third kappa shape index (κ3) is 6.40. The molecule has 1 N–H and O–H groups in total. The van der Waals surface area contributed by atoms with Crippen LogP contribution in [0.3, 0.4) is 0 Å². The summed E-state index contributed by atoms with van der Waals surface area (Å²) in [5, 5.41) is 10.6. The van der Waals surface area contributed by atoms with E-state index in [0.29, 0.717) is 0 Å². The number of allylic oxidation sites excluding steroid dienone is 2. The minimum atomic E-state index is -1.47. The molecule has 118 valence electrons. The van der Waals surface area contributed by atoms with Crippen molar-refractivity contribution in [3.63, 3.8) is 0 Å². The van der Waals surface area contributed by atoms with Gasteiger partial charge < -0.3 is 5.11 Å². The first-order valence-electron chi connectivity index (χ1n) is 8.26. The van der Waals surface area contributed by atoms with E-state index < -0.39 is 8.07 Å². The Balaban J connectivity index is 4.67. The highest BCUT2D eigenvalue weighted by molar-refractivity contribution is 6.79. The predicted octanol–water partition coefficient (Wildman–Crippen LogP) is 5.94. The summed E-state index contributed by atoms with van der Waals surface area (Å²) in [7, 11) is -1.47. The fourth-order valence-corrected chi connectivity index (χ4v) is 4.12. The van der Waals surface area contributed by atoms with E-state index in [1.807, 2.05) is 13.0 Å². The lowest BCUT2D eigenvalue weighted by Gasteiger charge is -2.42. The molecule has 0 spiro atoms. The first-order chi connectivity index (χ1) is 9.29. The van der Waals surface area contributed by atoms with Crippen LogP contribution in [0.25, 0.3) is 0 Å². The standard InChI is InChI=1S/C18H36OSi/c1-7-9-11-12-13-14-16-18(3,20(4,5)6)17(19)15-10-8-2/h8,10,14,16-17,19H,7,9,11-13,15H2,1-6H3/b10-8+,16-14+. The van der Waals surface area contributed by atoms with Gasteiger partial charge in [0.25, 0.3) is 0 Å². The molecule has 0 aromatic carbocycles. The van der Waals surface area contributed by atoms with E-state index in [9.17, 15) is 5.11 Å². The molecule has 0 amide bonds. The lowest BCUT2D eigenvalue weighted by molar-refractivity contribution is 0.144. The molecule has 2 heteroatoms. The first-order valence-corrected chi connectivity index (χ1v) is 11.8. The molecular formula is C18H36OSi. The van der Waals surface area contributed by atoms with Gasteiger partial charge in [-0.05, 0) is 26.2 Å². The van der Waals surface area contributed by atoms with Gasteiger partial charge >= 0.3 is 0 Å². The monoisotopic (exact) mass is 296 g/mol. The van der Waals surface area contributed by atoms with Crippen LogP contribution in [-0.2, 0) is 0 Å². The molecule has 0 aliphatic heterocycles. The third-order valence-electron chi connectivity index (χ3n) is 4.59. The maximum absolute atomic E-state index is 10.6. The molecule has 1 nitrogen and oxygen atoms in total. The molecular weight excluding hydrogens is 260 g/mol. The van der Waals surface area contributed by atoms with Gasteiger partial charge in [0.1, 0.15) is 0 Å². The molecule has 0 rings (SSSR count). The van der Waals surface area contributed by atoms with Crippen molar-refractivity contribution in [3.05, 3.63) is 24.3 Å². The fourth-order valence-electron chi connectivity index (χ4n) is 2.39. The summed E-state index contributed by atoms with van der Waals surface area (Å²) in [6.07, 6.45) is 15.6. The largest absolute Gasteiger partial charge is 0.392 e. The van der Waals surface area contributed by atoms with Crippen molar-refractivity contribution in [3.8, 4) is 0 Å². The topological polar surface area (TPSA) is 20.2 Å². The van der Waals surface area contributed by atoms with Crippen LogP contribution in [0.2, 0.25) is 24.7 Å². The maximum Gasteiger partial charge on any atom is 0.0638 e. The SMILES string of the molecule is C/C=C/CC(O)C(C)(/C=C/CCCCCC)[Si](C)(C)C. The second-order valence-corrected chi connectivity index (χ2v) is 12.7. The second-order valence-electron chi connectivity index (χ2n) is 7.10. The minimum absolute atomic E-state index is 0.0444. The van der Waals surface area contributed by atoms with Gasteiger partial charge in [-0.25, -0.2) is 0 Å². The van der Waals surface area contributed by atoms with Crippen LogP contribution in [0.4, 0.5) is 0 Å². The summed E-state index contributed by atoms with van der Waals surface area (Å²) in [4.78, 5) is 0. The van der Waals surface area contributed by atoms with Crippen LogP contribution in [0.1, 0.15) is 59.3 Å². The van der Waals surface area contributed by atoms with Crippen LogP contribution in [0, 0.1) is 0 Å². The number of aliphatic hydroxyl groups excluding tert-OH is 1. The highest BCUT2D eigenvalue weighted by Crippen LogP contribution is 2.44. The summed E-state index contributed by atoms with van der Waals surface area (Å²) in [5.41, 5.74) is 0. The van der Waals surface area contributed by atoms with E-state index in [0.717, 1.165) is 12.8 Å². The summed E-state index contributed by atoms with van der Waals surface area (Å²) in [6, 6.07) is 0. The molecule has 2 unspecified atom stereocenters. The van der Waals surface area contributed by atoms with E-state index in [1.54, 1.807) is 0 Å². The molecule has 0 heterocycles. The van der Waals surface area contributed by atoms with Gasteiger partial charge in [-0.2, -0.15) is 0 Å². The predicted molar refractivity (Wildman–Crippen MR) is 95.0 cm³/mol. The van der Waals surface area contributed by atoms with Crippen molar-refractivity contribution in [1.82, 2.24) is 0 Å². The summed E-state index contributed by atoms with van der Waals surface area (Å²) < 4.78 is 0. The van der Waals surface area contributed by atoms with Crippen molar-refractivity contribution in [2.24, 2.45) is 0 Å². The van der Waals surface area contributed by atoms with Gasteiger partial charge in [-0.15, -0.1) is 0 Å². The van der Waals surface area contributed by atoms with Crippen LogP contribution in [-0.4, -0.2) is 19.3 Å². The Hall–Kier alpha value is -0.343. The smallest absolute Gasteiger partial charge is 0.0638 e. The third-order valence-corrected chi connectivity index (χ3v) is 8.32. The lowest BCUT2D eigenvalue weighted by Crippen LogP contribution is -2.44. The van der Waals surface area contributed by atoms with E-state index in [-0.39, 0.29) is 11.1 Å². The van der Waals surface area contributed by atoms with Crippen molar-refractivity contribution >= 4 is 8.07 Å². The Morgan fingerprint density at radius 2 is 1.75 bits per heavy atom. The van der Waals surface area contributed by atoms with Crippen LogP contribution in [0.15, 0.2) is 24.3 Å². The Bertz CT molecular complexity index is 301. The zero-order chi connectivity index (χ0) is 15.6. The highest BCUT2D eigenvalue weighted by Gasteiger charge is 2.42. The lowest BCUT2D eigenvalue weighted by atomic mass is 9.98. The molecule has 0 aliphatic carbocycles. The zero-order valence-corrected chi connectivity index (χ0v) is 15.6. The zero-order valence-electron chi connectivity index (χ0n) is 14.6. The first kappa shape index (κ1) is 19.7. The van der Waals surface area contributed by atoms with Gasteiger partial charge in [0.15, 0.2) is 0 Å². The average Bonchev–Trinajstić information content (AvgIpc) is 2.38. The highest BCUT2D eigenvalue weighted by atomic mass is 28.3. The van der Waals surface area contributed by atoms with Gasteiger partial charge in [0.2, 0.25) is 0 Å². The van der Waals surface area contributed by atoms with Crippen molar-refractivity contribution in [2.45, 2.75) is 90.1 Å². The van der Waals surface area contributed by atoms with E-state index in [1.165, 1.54) is 25.7 Å². The number of unbranched alkanes of at least 4 members (excludes halogenated alkanes) is 4. The Morgan fingerprint density at radius 1 is 1.10 bits per heavy atom. The molecule has 20 heavy (non-hydrogen) atoms. The van der Waals surface area contributed by atoms with E-state index in [4.69, 9.17) is 0 Å². The Morgan fingerprint density at radius 3 is 2.25 bits per heavy atom. The van der Waals surface area contributed by atoms with Crippen LogP contribution >= 0.6 is 0 Å². The summed E-state index contributed by atoms with van der Waals surface area (Å²) >= 11 is 0. The summed E-state index contributed by atoms with van der Waals surface area (Å²) in [6.45, 7) is 13.6. The average molecular weight is 297 g/mol. The summed E-state index contributed by atoms with van der Waals surface area (Å²) in [5.74, 6) is 0. The Kier molecular flexibility index (Phi) is 9.40. The van der Waals surface area contributed by atoms with Crippen LogP contribution < -0.4 is 0 Å². The quantitative estimate of drug-likeness (QED) is 0.300. The Labute approximate surface area is 128 Å². The van der Waals surface area contributed by atoms with Crippen LogP contribution in [0.5, 0.6) is 0 Å². The van der Waals surface area contributed by atoms with Crippen molar-refractivity contribution < 1.29 is 5.11 Å². The maximum atomic E-state index is 10.6. The second kappa shape index (κ2) is 9.57. The molecule has 0 bridgehead atoms. The number of rotatable bonds is 10. The molecule has 0 aliphatic rings. The number of hydrogen-bond donors (Lipinski definition) is 1. The number of aliphatic hydroxyl groups is 1. The van der Waals surface area contributed by atoms with Gasteiger partial charge in [0, 0.05) is 5.04 Å². The molecule has 0 radical (unpaired) electrons. The van der Waals surface area contributed by atoms with E-state index in [2.05, 4.69) is 51.7 Å². The minimum Gasteiger partial charge on any atom is -0.392 e. The van der Waals surface area contributed by atoms with Gasteiger partial charge in [0.05, 0.1) is 14.2 Å². The molecule has 2 atom stereocenters. The van der Waals surface area contributed by atoms with Gasteiger partial charge in [-0.1, -0.05) is 77.1 Å². The van der Waals surface area contributed by atoms with Gasteiger partial charge in [-0.3, -0.25) is 0 Å². The van der Waals surface area contributed by atoms with Crippen molar-refractivity contribution in [2.75, 3.05) is 0 Å². The van der Waals surface area contributed by atoms with E-state index >= 15 is 0 Å². The number of hydrogen-bond acceptors (Lipinski definition) is 1. The normalized spacial score (nSPS) is 17.8. The molecule has 0 saturated heterocycles. The molecule has 0 fully saturated rings.